The molecule has 69 heavy (non-hydrogen) atoms. The normalized spacial score (nSPS) is 12.2. The fraction of sp³-hybridized carbons (Fsp3) is 0.0317. The third-order valence-electron chi connectivity index (χ3n) is 14.5. The van der Waals surface area contributed by atoms with Gasteiger partial charge in [0.25, 0.3) is 6.71 Å². The van der Waals surface area contributed by atoms with E-state index in [0.717, 1.165) is 45.3 Å². The number of aryl methyl sites for hydroxylation is 2. The van der Waals surface area contributed by atoms with Crippen molar-refractivity contribution in [3.63, 3.8) is 0 Å². The zero-order valence-electron chi connectivity index (χ0n) is 38.1. The maximum Gasteiger partial charge on any atom is 0.252 e. The van der Waals surface area contributed by atoms with Gasteiger partial charge in [-0.25, -0.2) is 0 Å². The third kappa shape index (κ3) is 5.84. The van der Waals surface area contributed by atoms with E-state index in [4.69, 9.17) is 0 Å². The van der Waals surface area contributed by atoms with Crippen LogP contribution in [0.15, 0.2) is 218 Å². The first-order valence-electron chi connectivity index (χ1n) is 23.7. The summed E-state index contributed by atoms with van der Waals surface area (Å²) in [4.78, 5) is 4.83. The minimum absolute atomic E-state index is 0.146. The monoisotopic (exact) mass is 879 g/mol. The van der Waals surface area contributed by atoms with Crippen molar-refractivity contribution in [3.05, 3.63) is 235 Å². The van der Waals surface area contributed by atoms with Crippen molar-refractivity contribution in [2.75, 3.05) is 9.80 Å². The molecule has 0 radical (unpaired) electrons. The lowest BCUT2D eigenvalue weighted by atomic mass is 9.34. The van der Waals surface area contributed by atoms with Crippen LogP contribution in [-0.2, 0) is 0 Å². The Hall–Kier alpha value is -9.05. The van der Waals surface area contributed by atoms with Crippen LogP contribution >= 0.6 is 0 Å². The number of nitriles is 1. The topological polar surface area (TPSA) is 40.1 Å². The molecule has 4 heterocycles. The molecule has 322 valence electrons. The summed E-state index contributed by atoms with van der Waals surface area (Å²) < 4.78 is 5.12. The van der Waals surface area contributed by atoms with E-state index in [1.54, 1.807) is 0 Å². The Kier molecular flexibility index (Phi) is 8.50. The molecule has 0 saturated carbocycles. The molecule has 14 rings (SSSR count). The summed E-state index contributed by atoms with van der Waals surface area (Å²) in [5, 5.41) is 14.7. The molecule has 0 bridgehead atoms. The number of anilines is 6. The Balaban J connectivity index is 1.17. The van der Waals surface area contributed by atoms with E-state index in [2.05, 4.69) is 245 Å². The maximum atomic E-state index is 9.83. The van der Waals surface area contributed by atoms with Crippen molar-refractivity contribution in [2.24, 2.45) is 0 Å². The highest BCUT2D eigenvalue weighted by atomic mass is 15.2. The van der Waals surface area contributed by atoms with Gasteiger partial charge in [-0.1, -0.05) is 108 Å². The first kappa shape index (κ1) is 39.2. The molecule has 0 spiro atoms. The number of para-hydroxylation sites is 4. The molecule has 10 aromatic carbocycles. The van der Waals surface area contributed by atoms with Gasteiger partial charge >= 0.3 is 0 Å². The molecule has 0 aliphatic carbocycles. The molecule has 0 fully saturated rings. The Morgan fingerprint density at radius 2 is 0.797 bits per heavy atom. The van der Waals surface area contributed by atoms with Crippen LogP contribution in [0.4, 0.5) is 34.1 Å². The Morgan fingerprint density at radius 1 is 0.391 bits per heavy atom. The SMILES string of the molecule is Cc1ccc2c(c1)c1cc(N(c3ccccc3)c3ccccc3)cc3c1n2-c1cc(-c2ccc(C#N)cc2)cc2c1B3c1cc(N(c3ccccc3)c3ccccc3)cc3c4cc(C)ccc4n-2c13. The van der Waals surface area contributed by atoms with Gasteiger partial charge in [0.2, 0.25) is 0 Å². The lowest BCUT2D eigenvalue weighted by Crippen LogP contribution is -2.59. The van der Waals surface area contributed by atoms with Gasteiger partial charge in [-0.3, -0.25) is 0 Å². The maximum absolute atomic E-state index is 9.83. The van der Waals surface area contributed by atoms with Crippen LogP contribution in [0.2, 0.25) is 0 Å². The number of nitrogens with zero attached hydrogens (tertiary/aromatic N) is 5. The summed E-state index contributed by atoms with van der Waals surface area (Å²) in [6.07, 6.45) is 0. The van der Waals surface area contributed by atoms with Crippen molar-refractivity contribution in [2.45, 2.75) is 13.8 Å². The second-order valence-corrected chi connectivity index (χ2v) is 18.6. The summed E-state index contributed by atoms with van der Waals surface area (Å²) >= 11 is 0. The van der Waals surface area contributed by atoms with Gasteiger partial charge in [-0.2, -0.15) is 5.26 Å². The van der Waals surface area contributed by atoms with Crippen LogP contribution in [-0.4, -0.2) is 15.8 Å². The van der Waals surface area contributed by atoms with E-state index >= 15 is 0 Å². The summed E-state index contributed by atoms with van der Waals surface area (Å²) in [6.45, 7) is 4.26. The Morgan fingerprint density at radius 3 is 1.19 bits per heavy atom. The van der Waals surface area contributed by atoms with Gasteiger partial charge in [-0.15, -0.1) is 0 Å². The van der Waals surface area contributed by atoms with Crippen LogP contribution in [0.1, 0.15) is 16.7 Å². The van der Waals surface area contributed by atoms with Crippen molar-refractivity contribution in [3.8, 4) is 28.6 Å². The molecular formula is C63H42BN5. The molecule has 0 unspecified atom stereocenters. The van der Waals surface area contributed by atoms with Crippen LogP contribution in [0, 0.1) is 25.2 Å². The molecule has 0 amide bonds. The number of hydrogen-bond donors (Lipinski definition) is 0. The van der Waals surface area contributed by atoms with E-state index in [9.17, 15) is 5.26 Å². The smallest absolute Gasteiger partial charge is 0.252 e. The molecule has 2 aliphatic rings. The van der Waals surface area contributed by atoms with Gasteiger partial charge in [0.1, 0.15) is 0 Å². The molecule has 0 atom stereocenters. The average molecular weight is 880 g/mol. The number of fused-ring (bicyclic) bond motifs is 10. The molecule has 0 N–H and O–H groups in total. The highest BCUT2D eigenvalue weighted by molar-refractivity contribution is 7.00. The van der Waals surface area contributed by atoms with Crippen molar-refractivity contribution >= 4 is 101 Å². The zero-order valence-corrected chi connectivity index (χ0v) is 38.1. The largest absolute Gasteiger partial charge is 0.311 e. The average Bonchev–Trinajstić information content (AvgIpc) is 3.90. The van der Waals surface area contributed by atoms with E-state index < -0.39 is 0 Å². The molecule has 2 aromatic heterocycles. The first-order valence-corrected chi connectivity index (χ1v) is 23.7. The van der Waals surface area contributed by atoms with Gasteiger partial charge < -0.3 is 18.9 Å². The second-order valence-electron chi connectivity index (χ2n) is 18.6. The van der Waals surface area contributed by atoms with E-state index in [0.29, 0.717) is 5.56 Å². The van der Waals surface area contributed by atoms with Crippen LogP contribution < -0.4 is 26.2 Å². The predicted molar refractivity (Wildman–Crippen MR) is 289 cm³/mol. The minimum Gasteiger partial charge on any atom is -0.311 e. The summed E-state index contributed by atoms with van der Waals surface area (Å²) in [5.74, 6) is 0. The fourth-order valence-corrected chi connectivity index (χ4v) is 11.6. The van der Waals surface area contributed by atoms with Gasteiger partial charge in [-0.05, 0) is 163 Å². The third-order valence-corrected chi connectivity index (χ3v) is 14.5. The van der Waals surface area contributed by atoms with Gasteiger partial charge in [0.15, 0.2) is 0 Å². The molecule has 12 aromatic rings. The number of hydrogen-bond acceptors (Lipinski definition) is 3. The number of benzene rings is 10. The Labute approximate surface area is 400 Å². The highest BCUT2D eigenvalue weighted by Crippen LogP contribution is 2.46. The summed E-state index contributed by atoms with van der Waals surface area (Å²) in [7, 11) is 0. The van der Waals surface area contributed by atoms with Gasteiger partial charge in [0.05, 0.1) is 22.7 Å². The van der Waals surface area contributed by atoms with Gasteiger partial charge in [0, 0.05) is 78.1 Å². The van der Waals surface area contributed by atoms with E-state index in [1.807, 2.05) is 12.1 Å². The second kappa shape index (κ2) is 15.0. The van der Waals surface area contributed by atoms with E-state index in [1.165, 1.54) is 82.5 Å². The summed E-state index contributed by atoms with van der Waals surface area (Å²) in [5.41, 5.74) is 22.8. The van der Waals surface area contributed by atoms with Crippen molar-refractivity contribution < 1.29 is 0 Å². The minimum atomic E-state index is -0.146. The van der Waals surface area contributed by atoms with Crippen LogP contribution in [0.3, 0.4) is 0 Å². The number of aromatic nitrogens is 2. The quantitative estimate of drug-likeness (QED) is 0.150. The predicted octanol–water partition coefficient (Wildman–Crippen LogP) is 14.1. The fourth-order valence-electron chi connectivity index (χ4n) is 11.6. The highest BCUT2D eigenvalue weighted by Gasteiger charge is 2.42. The standard InChI is InChI=1S/C63H42BN5/c1-40-23-29-57-51(31-40)53-35-49(66(45-15-7-3-8-16-45)46-17-9-4-10-18-46)37-55-62(53)68(57)59-33-44(43-27-25-42(39-65)26-28-43)34-60-61(59)64(55)56-38-50(36-54-52-32-41(2)24-30-58(52)69(60)63(54)56)67(47-19-11-5-12-20-47)48-21-13-6-14-22-48/h3-38H,1-2H3. The molecule has 0 saturated heterocycles. The summed E-state index contributed by atoms with van der Waals surface area (Å²) in [6, 6.07) is 82.1. The van der Waals surface area contributed by atoms with Crippen LogP contribution in [0.25, 0.3) is 66.1 Å². The van der Waals surface area contributed by atoms with Crippen molar-refractivity contribution in [1.82, 2.24) is 9.13 Å². The van der Waals surface area contributed by atoms with Crippen LogP contribution in [0.5, 0.6) is 0 Å². The molecule has 2 aliphatic heterocycles. The molecule has 6 heteroatoms. The molecule has 5 nitrogen and oxygen atoms in total. The lowest BCUT2D eigenvalue weighted by molar-refractivity contribution is 1.14. The Bertz CT molecular complexity index is 3780. The first-order chi connectivity index (χ1) is 34.0. The lowest BCUT2D eigenvalue weighted by Gasteiger charge is -2.36. The van der Waals surface area contributed by atoms with Crippen molar-refractivity contribution in [1.29, 1.82) is 5.26 Å². The van der Waals surface area contributed by atoms with E-state index in [-0.39, 0.29) is 6.71 Å². The zero-order chi connectivity index (χ0) is 45.9. The molecular weight excluding hydrogens is 838 g/mol. The number of rotatable bonds is 7.